The highest BCUT2D eigenvalue weighted by Gasteiger charge is 2.47. The molecule has 0 atom stereocenters. The smallest absolute Gasteiger partial charge is 0.413 e. The first kappa shape index (κ1) is 23.0. The standard InChI is InChI=1S/C26H25N3O5S/c1-26(23(31)32)14-29(15-26)22(30)11-10-16-12-27-24(35-16)28-25(33)34-13-21-19-8-4-2-6-17(19)18-7-3-5-9-20(18)21/h2-9,12,21H,10-11,13-15H2,1H3,(H,31,32)(H,27,28,33). The minimum atomic E-state index is -0.882. The molecule has 0 unspecified atom stereocenters. The number of amides is 2. The van der Waals surface area contributed by atoms with Crippen LogP contribution in [-0.2, 0) is 20.7 Å². The molecule has 1 saturated heterocycles. The molecule has 0 saturated carbocycles. The zero-order valence-electron chi connectivity index (χ0n) is 19.2. The molecule has 2 amide bonds. The lowest BCUT2D eigenvalue weighted by atomic mass is 9.82. The number of rotatable bonds is 7. The Labute approximate surface area is 206 Å². The molecule has 1 aliphatic heterocycles. The van der Waals surface area contributed by atoms with Crippen LogP contribution in [0.5, 0.6) is 0 Å². The van der Waals surface area contributed by atoms with Gasteiger partial charge in [0.25, 0.3) is 0 Å². The van der Waals surface area contributed by atoms with Gasteiger partial charge in [-0.25, -0.2) is 9.78 Å². The Morgan fingerprint density at radius 3 is 2.37 bits per heavy atom. The summed E-state index contributed by atoms with van der Waals surface area (Å²) in [5.74, 6) is -0.980. The number of aliphatic carboxylic acids is 1. The third kappa shape index (κ3) is 4.51. The predicted molar refractivity (Wildman–Crippen MR) is 131 cm³/mol. The molecule has 2 aliphatic rings. The summed E-state index contributed by atoms with van der Waals surface area (Å²) in [6.45, 7) is 2.33. The Balaban J connectivity index is 1.12. The second-order valence-electron chi connectivity index (χ2n) is 9.20. The van der Waals surface area contributed by atoms with Crippen molar-refractivity contribution < 1.29 is 24.2 Å². The van der Waals surface area contributed by atoms with Crippen LogP contribution in [-0.4, -0.2) is 52.7 Å². The summed E-state index contributed by atoms with van der Waals surface area (Å²) in [6, 6.07) is 16.3. The fraction of sp³-hybridized carbons (Fsp3) is 0.308. The molecule has 9 heteroatoms. The number of benzene rings is 2. The van der Waals surface area contributed by atoms with Gasteiger partial charge in [0.2, 0.25) is 5.91 Å². The number of hydrogen-bond acceptors (Lipinski definition) is 6. The van der Waals surface area contributed by atoms with Crippen molar-refractivity contribution in [2.75, 3.05) is 25.0 Å². The van der Waals surface area contributed by atoms with E-state index in [2.05, 4.69) is 34.6 Å². The van der Waals surface area contributed by atoms with Crippen LogP contribution < -0.4 is 5.32 Å². The molecule has 0 radical (unpaired) electrons. The quantitative estimate of drug-likeness (QED) is 0.508. The Morgan fingerprint density at radius 1 is 1.11 bits per heavy atom. The van der Waals surface area contributed by atoms with Gasteiger partial charge in [-0.15, -0.1) is 11.3 Å². The summed E-state index contributed by atoms with van der Waals surface area (Å²) in [6.07, 6.45) is 1.80. The van der Waals surface area contributed by atoms with Crippen LogP contribution in [0, 0.1) is 5.41 Å². The second-order valence-corrected chi connectivity index (χ2v) is 10.3. The minimum absolute atomic E-state index is 0.0180. The number of carbonyl (C=O) groups is 3. The van der Waals surface area contributed by atoms with Crippen LogP contribution in [0.4, 0.5) is 9.93 Å². The van der Waals surface area contributed by atoms with Crippen LogP contribution in [0.3, 0.4) is 0 Å². The summed E-state index contributed by atoms with van der Waals surface area (Å²) < 4.78 is 5.55. The maximum absolute atomic E-state index is 12.4. The van der Waals surface area contributed by atoms with E-state index >= 15 is 0 Å². The van der Waals surface area contributed by atoms with Gasteiger partial charge in [0.15, 0.2) is 5.13 Å². The van der Waals surface area contributed by atoms with Crippen molar-refractivity contribution in [2.45, 2.75) is 25.7 Å². The number of thiazole rings is 1. The number of aromatic nitrogens is 1. The summed E-state index contributed by atoms with van der Waals surface area (Å²) in [7, 11) is 0. The minimum Gasteiger partial charge on any atom is -0.481 e. The second kappa shape index (κ2) is 9.14. The maximum Gasteiger partial charge on any atom is 0.413 e. The lowest BCUT2D eigenvalue weighted by molar-refractivity contribution is -0.163. The SMILES string of the molecule is CC1(C(=O)O)CN(C(=O)CCc2cnc(NC(=O)OCC3c4ccccc4-c4ccccc43)s2)C1. The number of carboxylic acids is 1. The zero-order chi connectivity index (χ0) is 24.6. The fourth-order valence-corrected chi connectivity index (χ4v) is 5.50. The van der Waals surface area contributed by atoms with Gasteiger partial charge in [0.05, 0.1) is 5.41 Å². The first-order valence-corrected chi connectivity index (χ1v) is 12.2. The molecule has 3 aromatic rings. The lowest BCUT2D eigenvalue weighted by Gasteiger charge is -2.44. The van der Waals surface area contributed by atoms with Crippen molar-refractivity contribution in [1.29, 1.82) is 0 Å². The molecule has 0 spiro atoms. The topological polar surface area (TPSA) is 109 Å². The molecule has 1 aromatic heterocycles. The number of nitrogens with one attached hydrogen (secondary N) is 1. The van der Waals surface area contributed by atoms with Crippen LogP contribution in [0.2, 0.25) is 0 Å². The first-order chi connectivity index (χ1) is 16.8. The third-order valence-electron chi connectivity index (χ3n) is 6.64. The number of nitrogens with zero attached hydrogens (tertiary/aromatic N) is 2. The summed E-state index contributed by atoms with van der Waals surface area (Å²) in [5, 5.41) is 12.3. The number of likely N-dealkylation sites (tertiary alicyclic amines) is 1. The average Bonchev–Trinajstić information content (AvgIpc) is 3.41. The highest BCUT2D eigenvalue weighted by molar-refractivity contribution is 7.15. The molecule has 180 valence electrons. The van der Waals surface area contributed by atoms with Gasteiger partial charge >= 0.3 is 12.1 Å². The van der Waals surface area contributed by atoms with E-state index in [0.29, 0.717) is 11.6 Å². The van der Waals surface area contributed by atoms with Crippen LogP contribution in [0.15, 0.2) is 54.7 Å². The molecule has 35 heavy (non-hydrogen) atoms. The third-order valence-corrected chi connectivity index (χ3v) is 7.61. The van der Waals surface area contributed by atoms with Crippen LogP contribution >= 0.6 is 11.3 Å². The fourth-order valence-electron chi connectivity index (χ4n) is 4.70. The Bertz CT molecular complexity index is 1250. The number of carboxylic acid groups (broad SMARTS) is 1. The number of hydrogen-bond donors (Lipinski definition) is 2. The van der Waals surface area contributed by atoms with Gasteiger partial charge in [-0.2, -0.15) is 0 Å². The summed E-state index contributed by atoms with van der Waals surface area (Å²) in [4.78, 5) is 42.6. The molecular formula is C26H25N3O5S. The maximum atomic E-state index is 12.4. The van der Waals surface area contributed by atoms with Crippen molar-refractivity contribution in [1.82, 2.24) is 9.88 Å². The molecule has 0 bridgehead atoms. The van der Waals surface area contributed by atoms with Crippen molar-refractivity contribution in [3.05, 3.63) is 70.7 Å². The zero-order valence-corrected chi connectivity index (χ0v) is 20.0. The van der Waals surface area contributed by atoms with Gasteiger partial charge in [-0.3, -0.25) is 14.9 Å². The van der Waals surface area contributed by atoms with E-state index in [0.717, 1.165) is 16.0 Å². The average molecular weight is 492 g/mol. The van der Waals surface area contributed by atoms with Crippen molar-refractivity contribution in [3.63, 3.8) is 0 Å². The van der Waals surface area contributed by atoms with Gasteiger partial charge in [-0.05, 0) is 35.6 Å². The van der Waals surface area contributed by atoms with Gasteiger partial charge < -0.3 is 14.7 Å². The molecule has 1 aliphatic carbocycles. The van der Waals surface area contributed by atoms with Crippen LogP contribution in [0.25, 0.3) is 11.1 Å². The first-order valence-electron chi connectivity index (χ1n) is 11.4. The van der Waals surface area contributed by atoms with E-state index in [1.54, 1.807) is 18.0 Å². The highest BCUT2D eigenvalue weighted by atomic mass is 32.1. The monoisotopic (exact) mass is 491 g/mol. The number of carbonyl (C=O) groups excluding carboxylic acids is 2. The predicted octanol–water partition coefficient (Wildman–Crippen LogP) is 4.37. The molecule has 2 N–H and O–H groups in total. The molecule has 2 aromatic carbocycles. The van der Waals surface area contributed by atoms with Crippen molar-refractivity contribution >= 4 is 34.4 Å². The molecule has 5 rings (SSSR count). The summed E-state index contributed by atoms with van der Waals surface area (Å²) >= 11 is 1.29. The van der Waals surface area contributed by atoms with Gasteiger partial charge in [0, 0.05) is 36.5 Å². The number of fused-ring (bicyclic) bond motifs is 3. The highest BCUT2D eigenvalue weighted by Crippen LogP contribution is 2.44. The normalized spacial score (nSPS) is 15.6. The Kier molecular flexibility index (Phi) is 6.02. The Hall–Kier alpha value is -3.72. The largest absolute Gasteiger partial charge is 0.481 e. The molecule has 8 nitrogen and oxygen atoms in total. The van der Waals surface area contributed by atoms with E-state index in [-0.39, 0.29) is 37.9 Å². The van der Waals surface area contributed by atoms with Gasteiger partial charge in [0.1, 0.15) is 6.61 Å². The van der Waals surface area contributed by atoms with Crippen LogP contribution in [0.1, 0.15) is 35.3 Å². The van der Waals surface area contributed by atoms with E-state index < -0.39 is 17.5 Å². The van der Waals surface area contributed by atoms with Crippen molar-refractivity contribution in [2.24, 2.45) is 5.41 Å². The van der Waals surface area contributed by atoms with E-state index in [9.17, 15) is 19.5 Å². The van der Waals surface area contributed by atoms with Gasteiger partial charge in [-0.1, -0.05) is 48.5 Å². The molecule has 2 heterocycles. The lowest BCUT2D eigenvalue weighted by Crippen LogP contribution is -2.60. The summed E-state index contributed by atoms with van der Waals surface area (Å²) in [5.41, 5.74) is 3.78. The number of aryl methyl sites for hydroxylation is 1. The molecule has 1 fully saturated rings. The van der Waals surface area contributed by atoms with E-state index in [1.165, 1.54) is 22.5 Å². The number of anilines is 1. The van der Waals surface area contributed by atoms with E-state index in [1.807, 2.05) is 24.3 Å². The number of ether oxygens (including phenoxy) is 1. The molecular weight excluding hydrogens is 466 g/mol. The van der Waals surface area contributed by atoms with E-state index in [4.69, 9.17) is 4.74 Å². The van der Waals surface area contributed by atoms with Crippen molar-refractivity contribution in [3.8, 4) is 11.1 Å². The Morgan fingerprint density at radius 2 is 1.74 bits per heavy atom.